The summed E-state index contributed by atoms with van der Waals surface area (Å²) < 4.78 is 11.1. The van der Waals surface area contributed by atoms with E-state index in [1.165, 1.54) is 0 Å². The molecule has 0 aromatic heterocycles. The van der Waals surface area contributed by atoms with Crippen molar-refractivity contribution in [3.8, 4) is 11.5 Å². The lowest BCUT2D eigenvalue weighted by Crippen LogP contribution is -2.14. The molecule has 0 saturated carbocycles. The number of hydrogen-bond acceptors (Lipinski definition) is 3. The molecule has 0 saturated heterocycles. The van der Waals surface area contributed by atoms with Crippen molar-refractivity contribution in [2.45, 2.75) is 34.1 Å². The van der Waals surface area contributed by atoms with Gasteiger partial charge in [-0.1, -0.05) is 39.0 Å². The summed E-state index contributed by atoms with van der Waals surface area (Å²) in [6.07, 6.45) is 0.864. The third kappa shape index (κ3) is 4.75. The summed E-state index contributed by atoms with van der Waals surface area (Å²) in [5.74, 6) is 1.48. The van der Waals surface area contributed by atoms with Crippen molar-refractivity contribution in [3.63, 3.8) is 0 Å². The molecule has 2 rings (SSSR count). The van der Waals surface area contributed by atoms with Crippen molar-refractivity contribution in [2.75, 3.05) is 19.0 Å². The molecule has 0 bridgehead atoms. The maximum Gasteiger partial charge on any atom is 0.255 e. The number of carbonyl (C=O) groups is 1. The van der Waals surface area contributed by atoms with E-state index in [0.29, 0.717) is 29.6 Å². The number of rotatable bonds is 7. The van der Waals surface area contributed by atoms with Crippen LogP contribution in [0.5, 0.6) is 11.5 Å². The largest absolute Gasteiger partial charge is 0.493 e. The van der Waals surface area contributed by atoms with Crippen molar-refractivity contribution >= 4 is 11.6 Å². The molecule has 25 heavy (non-hydrogen) atoms. The number of anilines is 1. The van der Waals surface area contributed by atoms with Gasteiger partial charge >= 0.3 is 0 Å². The molecular weight excluding hydrogens is 314 g/mol. The highest BCUT2D eigenvalue weighted by molar-refractivity contribution is 6.05. The SMILES string of the molecule is CCc1cccc(C)c1NC(=O)c1ccc(OCC(C)C)c(OC)c1. The van der Waals surface area contributed by atoms with Crippen LogP contribution in [0.1, 0.15) is 42.3 Å². The van der Waals surface area contributed by atoms with Crippen LogP contribution in [0.15, 0.2) is 36.4 Å². The van der Waals surface area contributed by atoms with Crippen LogP contribution in [-0.2, 0) is 6.42 Å². The smallest absolute Gasteiger partial charge is 0.255 e. The second-order valence-corrected chi connectivity index (χ2v) is 6.49. The maximum atomic E-state index is 12.7. The predicted molar refractivity (Wildman–Crippen MR) is 102 cm³/mol. The van der Waals surface area contributed by atoms with Crippen LogP contribution in [0.3, 0.4) is 0 Å². The Hall–Kier alpha value is -2.49. The minimum absolute atomic E-state index is 0.155. The van der Waals surface area contributed by atoms with Gasteiger partial charge in [-0.05, 0) is 48.6 Å². The second-order valence-electron chi connectivity index (χ2n) is 6.49. The number of carbonyl (C=O) groups excluding carboxylic acids is 1. The second kappa shape index (κ2) is 8.56. The standard InChI is InChI=1S/C21H27NO3/c1-6-16-9-7-8-15(4)20(16)22-21(23)17-10-11-18(19(12-17)24-5)25-13-14(2)3/h7-12,14H,6,13H2,1-5H3,(H,22,23). The average Bonchev–Trinajstić information content (AvgIpc) is 2.61. The molecule has 1 N–H and O–H groups in total. The fourth-order valence-corrected chi connectivity index (χ4v) is 2.57. The molecule has 2 aromatic rings. The molecule has 0 fully saturated rings. The third-order valence-electron chi connectivity index (χ3n) is 3.98. The van der Waals surface area contributed by atoms with Gasteiger partial charge in [-0.2, -0.15) is 0 Å². The first-order valence-corrected chi connectivity index (χ1v) is 8.66. The van der Waals surface area contributed by atoms with E-state index < -0.39 is 0 Å². The van der Waals surface area contributed by atoms with E-state index in [9.17, 15) is 4.79 Å². The highest BCUT2D eigenvalue weighted by atomic mass is 16.5. The minimum Gasteiger partial charge on any atom is -0.493 e. The fourth-order valence-electron chi connectivity index (χ4n) is 2.57. The summed E-state index contributed by atoms with van der Waals surface area (Å²) >= 11 is 0. The van der Waals surface area contributed by atoms with Crippen molar-refractivity contribution in [2.24, 2.45) is 5.92 Å². The van der Waals surface area contributed by atoms with Crippen LogP contribution in [0.2, 0.25) is 0 Å². The molecule has 0 aliphatic carbocycles. The lowest BCUT2D eigenvalue weighted by atomic mass is 10.1. The first-order valence-electron chi connectivity index (χ1n) is 8.66. The highest BCUT2D eigenvalue weighted by Crippen LogP contribution is 2.29. The minimum atomic E-state index is -0.155. The number of aryl methyl sites for hydroxylation is 2. The van der Waals surface area contributed by atoms with Gasteiger partial charge in [-0.3, -0.25) is 4.79 Å². The molecule has 2 aromatic carbocycles. The maximum absolute atomic E-state index is 12.7. The van der Waals surface area contributed by atoms with Gasteiger partial charge in [-0.15, -0.1) is 0 Å². The highest BCUT2D eigenvalue weighted by Gasteiger charge is 2.14. The van der Waals surface area contributed by atoms with Crippen LogP contribution < -0.4 is 14.8 Å². The summed E-state index contributed by atoms with van der Waals surface area (Å²) in [5.41, 5.74) is 3.60. The van der Waals surface area contributed by atoms with Crippen molar-refractivity contribution < 1.29 is 14.3 Å². The Kier molecular flexibility index (Phi) is 6.45. The van der Waals surface area contributed by atoms with Gasteiger partial charge in [-0.25, -0.2) is 0 Å². The van der Waals surface area contributed by atoms with Crippen LogP contribution >= 0.6 is 0 Å². The number of nitrogens with one attached hydrogen (secondary N) is 1. The first kappa shape index (κ1) is 18.8. The number of amides is 1. The van der Waals surface area contributed by atoms with Gasteiger partial charge in [0.2, 0.25) is 0 Å². The Balaban J connectivity index is 2.22. The Morgan fingerprint density at radius 2 is 1.92 bits per heavy atom. The lowest BCUT2D eigenvalue weighted by Gasteiger charge is -2.15. The number of para-hydroxylation sites is 1. The molecule has 0 unspecified atom stereocenters. The quantitative estimate of drug-likeness (QED) is 0.783. The van der Waals surface area contributed by atoms with E-state index >= 15 is 0 Å². The molecule has 4 heteroatoms. The van der Waals surface area contributed by atoms with Crippen LogP contribution in [0, 0.1) is 12.8 Å². The molecule has 0 atom stereocenters. The predicted octanol–water partition coefficient (Wildman–Crippen LogP) is 4.85. The third-order valence-corrected chi connectivity index (χ3v) is 3.98. The lowest BCUT2D eigenvalue weighted by molar-refractivity contribution is 0.102. The Morgan fingerprint density at radius 3 is 2.56 bits per heavy atom. The van der Waals surface area contributed by atoms with Gasteiger partial charge in [0, 0.05) is 11.3 Å². The first-order chi connectivity index (χ1) is 12.0. The number of ether oxygens (including phenoxy) is 2. The summed E-state index contributed by atoms with van der Waals surface area (Å²) in [5, 5.41) is 3.03. The normalized spacial score (nSPS) is 10.6. The van der Waals surface area contributed by atoms with Crippen LogP contribution in [0.25, 0.3) is 0 Å². The monoisotopic (exact) mass is 341 g/mol. The van der Waals surface area contributed by atoms with E-state index in [0.717, 1.165) is 23.2 Å². The average molecular weight is 341 g/mol. The number of hydrogen-bond donors (Lipinski definition) is 1. The van der Waals surface area contributed by atoms with E-state index in [1.54, 1.807) is 25.3 Å². The summed E-state index contributed by atoms with van der Waals surface area (Å²) in [6, 6.07) is 11.3. The summed E-state index contributed by atoms with van der Waals surface area (Å²) in [4.78, 5) is 12.7. The van der Waals surface area contributed by atoms with E-state index in [1.807, 2.05) is 25.1 Å². The molecule has 0 radical (unpaired) electrons. The van der Waals surface area contributed by atoms with Crippen LogP contribution in [-0.4, -0.2) is 19.6 Å². The molecule has 134 valence electrons. The molecular formula is C21H27NO3. The molecule has 0 aliphatic rings. The van der Waals surface area contributed by atoms with E-state index in [-0.39, 0.29) is 5.91 Å². The molecule has 0 spiro atoms. The van der Waals surface area contributed by atoms with Crippen molar-refractivity contribution in [3.05, 3.63) is 53.1 Å². The van der Waals surface area contributed by atoms with Crippen molar-refractivity contribution in [1.29, 1.82) is 0 Å². The van der Waals surface area contributed by atoms with E-state index in [4.69, 9.17) is 9.47 Å². The molecule has 0 heterocycles. The summed E-state index contributed by atoms with van der Waals surface area (Å²) in [6.45, 7) is 8.85. The van der Waals surface area contributed by atoms with Crippen LogP contribution in [0.4, 0.5) is 5.69 Å². The number of benzene rings is 2. The van der Waals surface area contributed by atoms with Gasteiger partial charge < -0.3 is 14.8 Å². The Morgan fingerprint density at radius 1 is 1.16 bits per heavy atom. The molecule has 0 aliphatic heterocycles. The Labute approximate surface area is 150 Å². The molecule has 1 amide bonds. The number of methoxy groups -OCH3 is 1. The molecule has 4 nitrogen and oxygen atoms in total. The zero-order chi connectivity index (χ0) is 18.4. The topological polar surface area (TPSA) is 47.6 Å². The zero-order valence-corrected chi connectivity index (χ0v) is 15.7. The van der Waals surface area contributed by atoms with Gasteiger partial charge in [0.15, 0.2) is 11.5 Å². The van der Waals surface area contributed by atoms with E-state index in [2.05, 4.69) is 26.1 Å². The zero-order valence-electron chi connectivity index (χ0n) is 15.7. The van der Waals surface area contributed by atoms with Gasteiger partial charge in [0.25, 0.3) is 5.91 Å². The van der Waals surface area contributed by atoms with Crippen molar-refractivity contribution in [1.82, 2.24) is 0 Å². The van der Waals surface area contributed by atoms with Gasteiger partial charge in [0.1, 0.15) is 0 Å². The Bertz CT molecular complexity index is 738. The summed E-state index contributed by atoms with van der Waals surface area (Å²) in [7, 11) is 1.58. The van der Waals surface area contributed by atoms with Gasteiger partial charge in [0.05, 0.1) is 13.7 Å². The fraction of sp³-hybridized carbons (Fsp3) is 0.381.